The topological polar surface area (TPSA) is 38.0 Å². The van der Waals surface area contributed by atoms with Gasteiger partial charge in [-0.2, -0.15) is 11.8 Å². The number of benzene rings is 1. The lowest BCUT2D eigenvalue weighted by atomic mass is 10.1. The van der Waals surface area contributed by atoms with Crippen LogP contribution in [-0.2, 0) is 0 Å². The molecule has 2 nitrogen and oxygen atoms in total. The Morgan fingerprint density at radius 2 is 1.83 bits per heavy atom. The fourth-order valence-corrected chi connectivity index (χ4v) is 3.72. The van der Waals surface area contributed by atoms with Gasteiger partial charge in [-0.15, -0.1) is 0 Å². The van der Waals surface area contributed by atoms with E-state index in [-0.39, 0.29) is 6.04 Å². The van der Waals surface area contributed by atoms with Gasteiger partial charge in [0.2, 0.25) is 0 Å². The van der Waals surface area contributed by atoms with Gasteiger partial charge in [-0.25, -0.2) is 8.78 Å². The highest BCUT2D eigenvalue weighted by Gasteiger charge is 2.19. The average molecular weight is 272 g/mol. The quantitative estimate of drug-likeness (QED) is 0.639. The van der Waals surface area contributed by atoms with E-state index >= 15 is 0 Å². The Morgan fingerprint density at radius 1 is 1.22 bits per heavy atom. The molecule has 3 N–H and O–H groups in total. The van der Waals surface area contributed by atoms with Crippen molar-refractivity contribution in [1.29, 1.82) is 0 Å². The Hall–Kier alpha value is -0.650. The third-order valence-corrected chi connectivity index (χ3v) is 4.76. The van der Waals surface area contributed by atoms with Crippen molar-refractivity contribution in [3.05, 3.63) is 35.4 Å². The lowest BCUT2D eigenvalue weighted by Crippen LogP contribution is -2.30. The fraction of sp³-hybridized carbons (Fsp3) is 0.538. The zero-order valence-electron chi connectivity index (χ0n) is 10.2. The largest absolute Gasteiger partial charge is 0.271 e. The Labute approximate surface area is 110 Å². The molecule has 5 heteroatoms. The third kappa shape index (κ3) is 3.67. The lowest BCUT2D eigenvalue weighted by Gasteiger charge is -2.18. The minimum atomic E-state index is -0.559. The summed E-state index contributed by atoms with van der Waals surface area (Å²) in [5.41, 5.74) is 3.21. The molecular formula is C13H18F2N2S. The summed E-state index contributed by atoms with van der Waals surface area (Å²) in [6.45, 7) is 0. The van der Waals surface area contributed by atoms with Crippen LogP contribution in [0.25, 0.3) is 0 Å². The number of hydrogen-bond acceptors (Lipinski definition) is 3. The van der Waals surface area contributed by atoms with E-state index in [2.05, 4.69) is 5.43 Å². The first-order valence-electron chi connectivity index (χ1n) is 6.23. The van der Waals surface area contributed by atoms with Gasteiger partial charge in [0.15, 0.2) is 0 Å². The fourth-order valence-electron chi connectivity index (χ4n) is 2.30. The van der Waals surface area contributed by atoms with E-state index in [1.807, 2.05) is 11.8 Å². The predicted molar refractivity (Wildman–Crippen MR) is 71.1 cm³/mol. The average Bonchev–Trinajstić information content (AvgIpc) is 2.81. The van der Waals surface area contributed by atoms with Crippen molar-refractivity contribution in [1.82, 2.24) is 5.43 Å². The molecule has 0 heterocycles. The van der Waals surface area contributed by atoms with Crippen LogP contribution < -0.4 is 11.3 Å². The molecule has 1 saturated carbocycles. The van der Waals surface area contributed by atoms with Crippen LogP contribution in [0.15, 0.2) is 18.2 Å². The molecule has 0 aliphatic heterocycles. The highest BCUT2D eigenvalue weighted by Crippen LogP contribution is 2.32. The van der Waals surface area contributed by atoms with Crippen LogP contribution in [0.1, 0.15) is 37.3 Å². The molecule has 18 heavy (non-hydrogen) atoms. The van der Waals surface area contributed by atoms with E-state index in [1.165, 1.54) is 37.8 Å². The maximum Gasteiger partial charge on any atom is 0.126 e. The molecule has 0 saturated heterocycles. The smallest absolute Gasteiger partial charge is 0.126 e. The molecule has 0 bridgehead atoms. The number of nitrogens with two attached hydrogens (primary N) is 1. The number of halogens is 2. The summed E-state index contributed by atoms with van der Waals surface area (Å²) in [4.78, 5) is 0. The number of rotatable bonds is 5. The van der Waals surface area contributed by atoms with E-state index < -0.39 is 11.6 Å². The molecule has 2 rings (SSSR count). The van der Waals surface area contributed by atoms with Crippen molar-refractivity contribution in [2.45, 2.75) is 37.0 Å². The zero-order valence-corrected chi connectivity index (χ0v) is 11.0. The zero-order chi connectivity index (χ0) is 13.0. The predicted octanol–water partition coefficient (Wildman–Crippen LogP) is 3.15. The third-order valence-electron chi connectivity index (χ3n) is 3.29. The Bertz CT molecular complexity index is 374. The number of hydrogen-bond donors (Lipinski definition) is 2. The van der Waals surface area contributed by atoms with E-state index in [9.17, 15) is 8.78 Å². The Morgan fingerprint density at radius 3 is 2.39 bits per heavy atom. The molecule has 1 aromatic rings. The second-order valence-electron chi connectivity index (χ2n) is 4.66. The number of nitrogens with one attached hydrogen (secondary N) is 1. The van der Waals surface area contributed by atoms with E-state index in [0.717, 1.165) is 11.8 Å². The molecule has 100 valence electrons. The number of hydrazine groups is 1. The van der Waals surface area contributed by atoms with Gasteiger partial charge >= 0.3 is 0 Å². The van der Waals surface area contributed by atoms with Crippen molar-refractivity contribution >= 4 is 11.8 Å². The first kappa shape index (κ1) is 13.8. The molecular weight excluding hydrogens is 254 g/mol. The molecule has 1 aliphatic rings. The summed E-state index contributed by atoms with van der Waals surface area (Å²) in [5.74, 6) is 5.10. The van der Waals surface area contributed by atoms with Gasteiger partial charge in [0, 0.05) is 17.1 Å². The van der Waals surface area contributed by atoms with Crippen molar-refractivity contribution < 1.29 is 8.78 Å². The second-order valence-corrected chi connectivity index (χ2v) is 6.00. The van der Waals surface area contributed by atoms with Gasteiger partial charge in [-0.3, -0.25) is 11.3 Å². The minimum Gasteiger partial charge on any atom is -0.271 e. The van der Waals surface area contributed by atoms with Crippen LogP contribution in [0.4, 0.5) is 8.78 Å². The van der Waals surface area contributed by atoms with E-state index in [0.29, 0.717) is 10.8 Å². The summed E-state index contributed by atoms with van der Waals surface area (Å²) in [7, 11) is 0. The standard InChI is InChI=1S/C13H18F2N2S/c14-10-5-9(6-11(15)7-10)13(17-16)8-18-12-3-1-2-4-12/h5-7,12-13,17H,1-4,8,16H2. The van der Waals surface area contributed by atoms with Crippen molar-refractivity contribution in [2.75, 3.05) is 5.75 Å². The lowest BCUT2D eigenvalue weighted by molar-refractivity contribution is 0.559. The van der Waals surface area contributed by atoms with Gasteiger partial charge in [0.1, 0.15) is 11.6 Å². The summed E-state index contributed by atoms with van der Waals surface area (Å²) < 4.78 is 26.3. The molecule has 1 unspecified atom stereocenters. The van der Waals surface area contributed by atoms with Crippen LogP contribution in [0.2, 0.25) is 0 Å². The van der Waals surface area contributed by atoms with Crippen molar-refractivity contribution in [2.24, 2.45) is 5.84 Å². The molecule has 0 radical (unpaired) electrons. The summed E-state index contributed by atoms with van der Waals surface area (Å²) in [6.07, 6.45) is 5.04. The molecule has 0 aromatic heterocycles. The van der Waals surface area contributed by atoms with Gasteiger partial charge < -0.3 is 0 Å². The maximum absolute atomic E-state index is 13.2. The maximum atomic E-state index is 13.2. The summed E-state index contributed by atoms with van der Waals surface area (Å²) in [5, 5.41) is 0.666. The first-order valence-corrected chi connectivity index (χ1v) is 7.27. The highest BCUT2D eigenvalue weighted by atomic mass is 32.2. The first-order chi connectivity index (χ1) is 8.69. The normalized spacial score (nSPS) is 18.2. The van der Waals surface area contributed by atoms with Crippen LogP contribution in [0, 0.1) is 11.6 Å². The highest BCUT2D eigenvalue weighted by molar-refractivity contribution is 7.99. The Balaban J connectivity index is 1.98. The van der Waals surface area contributed by atoms with Gasteiger partial charge in [0.05, 0.1) is 6.04 Å². The van der Waals surface area contributed by atoms with Gasteiger partial charge in [-0.05, 0) is 30.5 Å². The molecule has 1 fully saturated rings. The summed E-state index contributed by atoms with van der Waals surface area (Å²) >= 11 is 1.84. The second kappa shape index (κ2) is 6.50. The van der Waals surface area contributed by atoms with E-state index in [4.69, 9.17) is 5.84 Å². The number of thioether (sulfide) groups is 1. The molecule has 0 spiro atoms. The monoisotopic (exact) mass is 272 g/mol. The minimum absolute atomic E-state index is 0.208. The molecule has 1 aromatic carbocycles. The molecule has 0 amide bonds. The SMILES string of the molecule is NNC(CSC1CCCC1)c1cc(F)cc(F)c1. The van der Waals surface area contributed by atoms with Crippen LogP contribution in [0.3, 0.4) is 0 Å². The van der Waals surface area contributed by atoms with Crippen molar-refractivity contribution in [3.63, 3.8) is 0 Å². The van der Waals surface area contributed by atoms with Crippen LogP contribution >= 0.6 is 11.8 Å². The van der Waals surface area contributed by atoms with Crippen LogP contribution in [0.5, 0.6) is 0 Å². The van der Waals surface area contributed by atoms with Gasteiger partial charge in [0.25, 0.3) is 0 Å². The van der Waals surface area contributed by atoms with E-state index in [1.54, 1.807) is 0 Å². The molecule has 1 aliphatic carbocycles. The van der Waals surface area contributed by atoms with Crippen molar-refractivity contribution in [3.8, 4) is 0 Å². The molecule has 1 atom stereocenters. The van der Waals surface area contributed by atoms with Gasteiger partial charge in [-0.1, -0.05) is 12.8 Å². The Kier molecular flexibility index (Phi) is 4.97. The summed E-state index contributed by atoms with van der Waals surface area (Å²) in [6, 6.07) is 3.34. The van der Waals surface area contributed by atoms with Crippen LogP contribution in [-0.4, -0.2) is 11.0 Å².